The van der Waals surface area contributed by atoms with E-state index in [4.69, 9.17) is 9.97 Å². The number of hydrogen-bond donors (Lipinski definition) is 2. The quantitative estimate of drug-likeness (QED) is 0.328. The number of nitrogens with one attached hydrogen (secondary N) is 2. The van der Waals surface area contributed by atoms with Crippen LogP contribution in [0.2, 0.25) is 0 Å². The van der Waals surface area contributed by atoms with Crippen LogP contribution in [0.1, 0.15) is 37.2 Å². The maximum Gasteiger partial charge on any atom is 0.248 e. The molecule has 0 radical (unpaired) electrons. The number of anilines is 3. The third kappa shape index (κ3) is 4.24. The first-order valence-corrected chi connectivity index (χ1v) is 14.1. The molecule has 5 aromatic rings. The van der Waals surface area contributed by atoms with Crippen molar-refractivity contribution >= 4 is 28.5 Å². The first-order valence-electron chi connectivity index (χ1n) is 14.1. The van der Waals surface area contributed by atoms with Gasteiger partial charge in [-0.3, -0.25) is 4.98 Å². The molecule has 0 bridgehead atoms. The molecule has 0 spiro atoms. The van der Waals surface area contributed by atoms with Gasteiger partial charge >= 0.3 is 0 Å². The molecule has 10 heteroatoms. The van der Waals surface area contributed by atoms with Crippen molar-refractivity contribution in [1.29, 1.82) is 0 Å². The SMILES string of the molecule is c1ccc(-n2cnc(Nc3cc(-c4nc(N5CCC6CNCCC65)c5c(C6CC6)cncc5n4)ccn3)n2)cc1. The third-order valence-electron chi connectivity index (χ3n) is 8.39. The molecule has 2 N–H and O–H groups in total. The van der Waals surface area contributed by atoms with E-state index in [2.05, 4.69) is 35.6 Å². The molecular weight excluding hydrogens is 500 g/mol. The third-order valence-corrected chi connectivity index (χ3v) is 8.39. The van der Waals surface area contributed by atoms with Crippen molar-refractivity contribution in [2.45, 2.75) is 37.6 Å². The summed E-state index contributed by atoms with van der Waals surface area (Å²) in [5.74, 6) is 4.08. The summed E-state index contributed by atoms with van der Waals surface area (Å²) in [7, 11) is 0. The molecule has 40 heavy (non-hydrogen) atoms. The van der Waals surface area contributed by atoms with Gasteiger partial charge in [-0.25, -0.2) is 19.6 Å². The summed E-state index contributed by atoms with van der Waals surface area (Å²) in [4.78, 5) is 26.4. The molecule has 4 aromatic heterocycles. The maximum atomic E-state index is 5.28. The van der Waals surface area contributed by atoms with E-state index in [9.17, 15) is 0 Å². The lowest BCUT2D eigenvalue weighted by Gasteiger charge is -2.33. The smallest absolute Gasteiger partial charge is 0.248 e. The largest absolute Gasteiger partial charge is 0.353 e. The predicted molar refractivity (Wildman–Crippen MR) is 154 cm³/mol. The molecule has 2 unspecified atom stereocenters. The molecule has 2 atom stereocenters. The lowest BCUT2D eigenvalue weighted by atomic mass is 9.94. The van der Waals surface area contributed by atoms with Gasteiger partial charge in [0.05, 0.1) is 17.4 Å². The van der Waals surface area contributed by atoms with Crippen LogP contribution >= 0.6 is 0 Å². The summed E-state index contributed by atoms with van der Waals surface area (Å²) < 4.78 is 1.74. The number of pyridine rings is 2. The molecule has 1 saturated carbocycles. The van der Waals surface area contributed by atoms with Crippen molar-refractivity contribution < 1.29 is 0 Å². The molecule has 3 fully saturated rings. The fourth-order valence-corrected chi connectivity index (χ4v) is 6.26. The summed E-state index contributed by atoms with van der Waals surface area (Å²) in [5, 5.41) is 12.6. The highest BCUT2D eigenvalue weighted by Gasteiger charge is 2.38. The van der Waals surface area contributed by atoms with Gasteiger partial charge in [-0.05, 0) is 80.4 Å². The fraction of sp³-hybridized carbons (Fsp3) is 0.333. The second kappa shape index (κ2) is 9.63. The summed E-state index contributed by atoms with van der Waals surface area (Å²) in [6, 6.07) is 14.3. The van der Waals surface area contributed by atoms with Crippen LogP contribution in [0.5, 0.6) is 0 Å². The summed E-state index contributed by atoms with van der Waals surface area (Å²) in [5.41, 5.74) is 4.05. The van der Waals surface area contributed by atoms with Crippen LogP contribution < -0.4 is 15.5 Å². The Kier molecular flexibility index (Phi) is 5.65. The second-order valence-corrected chi connectivity index (χ2v) is 11.0. The van der Waals surface area contributed by atoms with Crippen LogP contribution in [0, 0.1) is 5.92 Å². The first-order chi connectivity index (χ1) is 19.8. The molecule has 10 nitrogen and oxygen atoms in total. The van der Waals surface area contributed by atoms with Crippen molar-refractivity contribution in [1.82, 2.24) is 40.0 Å². The normalized spacial score (nSPS) is 20.6. The molecule has 0 amide bonds. The maximum absolute atomic E-state index is 5.28. The number of fused-ring (bicyclic) bond motifs is 2. The second-order valence-electron chi connectivity index (χ2n) is 11.0. The van der Waals surface area contributed by atoms with Crippen LogP contribution in [0.4, 0.5) is 17.6 Å². The van der Waals surface area contributed by atoms with E-state index in [-0.39, 0.29) is 0 Å². The predicted octanol–water partition coefficient (Wildman–Crippen LogP) is 4.48. The number of hydrogen-bond acceptors (Lipinski definition) is 9. The molecule has 1 aromatic carbocycles. The van der Waals surface area contributed by atoms with Crippen molar-refractivity contribution in [3.05, 3.63) is 72.9 Å². The van der Waals surface area contributed by atoms with E-state index >= 15 is 0 Å². The number of piperidine rings is 1. The van der Waals surface area contributed by atoms with E-state index < -0.39 is 0 Å². The van der Waals surface area contributed by atoms with Gasteiger partial charge in [-0.15, -0.1) is 5.10 Å². The summed E-state index contributed by atoms with van der Waals surface area (Å²) in [6.45, 7) is 3.16. The van der Waals surface area contributed by atoms with E-state index in [0.29, 0.717) is 35.5 Å². The minimum absolute atomic E-state index is 0.473. The zero-order chi connectivity index (χ0) is 26.5. The first kappa shape index (κ1) is 23.4. The Bertz CT molecular complexity index is 1680. The molecule has 6 heterocycles. The highest BCUT2D eigenvalue weighted by Crippen LogP contribution is 2.46. The fourth-order valence-electron chi connectivity index (χ4n) is 6.26. The average molecular weight is 531 g/mol. The number of para-hydroxylation sites is 1. The van der Waals surface area contributed by atoms with E-state index in [1.54, 1.807) is 17.2 Å². The van der Waals surface area contributed by atoms with Crippen molar-refractivity contribution in [3.8, 4) is 17.1 Å². The topological polar surface area (TPSA) is 110 Å². The molecule has 200 valence electrons. The van der Waals surface area contributed by atoms with E-state index in [1.165, 1.54) is 30.2 Å². The van der Waals surface area contributed by atoms with Gasteiger partial charge in [0.2, 0.25) is 5.95 Å². The Hall–Kier alpha value is -4.44. The summed E-state index contributed by atoms with van der Waals surface area (Å²) in [6.07, 6.45) is 12.2. The molecule has 1 aliphatic carbocycles. The molecule has 2 saturated heterocycles. The molecule has 3 aliphatic rings. The highest BCUT2D eigenvalue weighted by atomic mass is 15.4. The average Bonchev–Trinajstić information content (AvgIpc) is 3.60. The number of nitrogens with zero attached hydrogens (tertiary/aromatic N) is 8. The number of aromatic nitrogens is 7. The van der Waals surface area contributed by atoms with Crippen molar-refractivity contribution in [2.24, 2.45) is 5.92 Å². The monoisotopic (exact) mass is 530 g/mol. The van der Waals surface area contributed by atoms with Crippen molar-refractivity contribution in [3.63, 3.8) is 0 Å². The zero-order valence-electron chi connectivity index (χ0n) is 22.1. The zero-order valence-corrected chi connectivity index (χ0v) is 22.1. The van der Waals surface area contributed by atoms with Crippen LogP contribution in [-0.4, -0.2) is 60.4 Å². The van der Waals surface area contributed by atoms with Gasteiger partial charge in [0.15, 0.2) is 5.82 Å². The molecule has 2 aliphatic heterocycles. The van der Waals surface area contributed by atoms with Gasteiger partial charge in [-0.1, -0.05) is 18.2 Å². The van der Waals surface area contributed by atoms with Crippen molar-refractivity contribution in [2.75, 3.05) is 29.9 Å². The minimum atomic E-state index is 0.473. The Balaban J connectivity index is 1.17. The summed E-state index contributed by atoms with van der Waals surface area (Å²) >= 11 is 0. The van der Waals surface area contributed by atoms with Gasteiger partial charge in [0.1, 0.15) is 18.0 Å². The Morgan fingerprint density at radius 2 is 1.88 bits per heavy atom. The van der Waals surface area contributed by atoms with Gasteiger partial charge in [0.25, 0.3) is 0 Å². The van der Waals surface area contributed by atoms with E-state index in [0.717, 1.165) is 48.6 Å². The lowest BCUT2D eigenvalue weighted by Crippen LogP contribution is -2.44. The number of benzene rings is 1. The van der Waals surface area contributed by atoms with Crippen LogP contribution in [0.15, 0.2) is 67.4 Å². The van der Waals surface area contributed by atoms with Gasteiger partial charge < -0.3 is 15.5 Å². The van der Waals surface area contributed by atoms with E-state index in [1.807, 2.05) is 54.9 Å². The number of rotatable bonds is 6. The van der Waals surface area contributed by atoms with Crippen LogP contribution in [-0.2, 0) is 0 Å². The lowest BCUT2D eigenvalue weighted by molar-refractivity contribution is 0.360. The Morgan fingerprint density at radius 1 is 0.950 bits per heavy atom. The van der Waals surface area contributed by atoms with Gasteiger partial charge in [0, 0.05) is 35.9 Å². The standard InChI is InChI=1S/C30H30N10/c1-2-4-22(5-3-1)40-18-34-30(38-40)36-26-14-20(8-12-33-26)28-35-24-17-32-16-23(19-6-7-19)27(24)29(37-28)39-13-10-21-15-31-11-9-25(21)39/h1-5,8,12,14,16-19,21,25,31H,6-7,9-11,13,15H2,(H,33,36,38). The highest BCUT2D eigenvalue weighted by molar-refractivity contribution is 5.94. The molecular formula is C30H30N10. The Labute approximate surface area is 231 Å². The van der Waals surface area contributed by atoms with Gasteiger partial charge in [-0.2, -0.15) is 4.98 Å². The minimum Gasteiger partial charge on any atom is -0.353 e. The van der Waals surface area contributed by atoms with Crippen LogP contribution in [0.3, 0.4) is 0 Å². The van der Waals surface area contributed by atoms with Crippen LogP contribution in [0.25, 0.3) is 28.0 Å². The Morgan fingerprint density at radius 3 is 2.77 bits per heavy atom. The molecule has 8 rings (SSSR count).